The van der Waals surface area contributed by atoms with Gasteiger partial charge in [-0.3, -0.25) is 9.59 Å². The molecule has 2 atom stereocenters. The van der Waals surface area contributed by atoms with Crippen LogP contribution in [0.4, 0.5) is 0 Å². The summed E-state index contributed by atoms with van der Waals surface area (Å²) in [6.07, 6.45) is 32.9. The number of rotatable bonds is 31. The Kier molecular flexibility index (Phi) is 28.8. The number of hydrogen-bond acceptors (Lipinski definition) is 7. The number of carbonyl (C=O) groups is 3. The predicted octanol–water partition coefficient (Wildman–Crippen LogP) is 7.57. The second kappa shape index (κ2) is 30.6. The van der Waals surface area contributed by atoms with E-state index >= 15 is 0 Å². The minimum Gasteiger partial charge on any atom is -0.544 e. The number of allylic oxidation sites excluding steroid dienone is 8. The summed E-state index contributed by atoms with van der Waals surface area (Å²) in [6, 6.07) is -0.728. The van der Waals surface area contributed by atoms with Gasteiger partial charge in [0, 0.05) is 19.3 Å². The third-order valence-electron chi connectivity index (χ3n) is 7.73. The molecule has 0 amide bonds. The number of carbonyl (C=O) groups excluding carboxylic acids is 3. The molecule has 0 saturated carbocycles. The highest BCUT2D eigenvalue weighted by Crippen LogP contribution is 2.12. The first-order valence-electron chi connectivity index (χ1n) is 18.2. The number of hydrogen-bond donors (Lipinski definition) is 0. The van der Waals surface area contributed by atoms with Gasteiger partial charge in [-0.05, 0) is 51.4 Å². The van der Waals surface area contributed by atoms with Crippen molar-refractivity contribution in [2.24, 2.45) is 0 Å². The molecule has 0 rings (SSSR count). The van der Waals surface area contributed by atoms with E-state index in [-0.39, 0.29) is 42.7 Å². The van der Waals surface area contributed by atoms with Gasteiger partial charge in [0.05, 0.1) is 40.3 Å². The fourth-order valence-corrected chi connectivity index (χ4v) is 4.88. The Hall–Kier alpha value is -2.71. The first kappa shape index (κ1) is 44.3. The van der Waals surface area contributed by atoms with Crippen molar-refractivity contribution in [3.8, 4) is 0 Å². The number of carboxylic acids is 1. The molecule has 47 heavy (non-hydrogen) atoms. The van der Waals surface area contributed by atoms with E-state index in [1.54, 1.807) is 21.1 Å². The molecule has 0 fully saturated rings. The lowest BCUT2D eigenvalue weighted by molar-refractivity contribution is -0.889. The van der Waals surface area contributed by atoms with E-state index in [2.05, 4.69) is 62.5 Å². The molecule has 0 aromatic carbocycles. The second-order valence-electron chi connectivity index (χ2n) is 13.1. The van der Waals surface area contributed by atoms with Crippen molar-refractivity contribution in [1.82, 2.24) is 0 Å². The Morgan fingerprint density at radius 3 is 1.77 bits per heavy atom. The van der Waals surface area contributed by atoms with Crippen LogP contribution in [0.1, 0.15) is 129 Å². The number of likely N-dealkylation sites (N-methyl/N-ethyl adjacent to an activating group) is 1. The molecular weight excluding hydrogens is 594 g/mol. The van der Waals surface area contributed by atoms with Gasteiger partial charge in [0.15, 0.2) is 6.10 Å². The molecule has 0 aliphatic rings. The zero-order valence-corrected chi connectivity index (χ0v) is 30.4. The van der Waals surface area contributed by atoms with Gasteiger partial charge >= 0.3 is 11.9 Å². The van der Waals surface area contributed by atoms with Gasteiger partial charge in [0.25, 0.3) is 0 Å². The Balaban J connectivity index is 4.43. The summed E-state index contributed by atoms with van der Waals surface area (Å²) < 4.78 is 17.0. The highest BCUT2D eigenvalue weighted by atomic mass is 16.6. The number of carboxylic acid groups (broad SMARTS) is 1. The largest absolute Gasteiger partial charge is 0.544 e. The van der Waals surface area contributed by atoms with Crippen molar-refractivity contribution in [2.75, 3.05) is 41.0 Å². The number of aliphatic carboxylic acids is 1. The maximum absolute atomic E-state index is 12.5. The number of quaternary nitrogens is 1. The molecule has 0 aromatic rings. The number of esters is 2. The van der Waals surface area contributed by atoms with E-state index in [4.69, 9.17) is 14.2 Å². The lowest BCUT2D eigenvalue weighted by atomic mass is 10.1. The van der Waals surface area contributed by atoms with Crippen molar-refractivity contribution in [2.45, 2.75) is 142 Å². The summed E-state index contributed by atoms with van der Waals surface area (Å²) in [7, 11) is 5.37. The highest BCUT2D eigenvalue weighted by Gasteiger charge is 2.25. The molecule has 0 heterocycles. The van der Waals surface area contributed by atoms with Gasteiger partial charge in [0.1, 0.15) is 12.6 Å². The van der Waals surface area contributed by atoms with E-state index in [0.717, 1.165) is 70.6 Å². The maximum atomic E-state index is 12.5. The minimum atomic E-state index is -1.13. The van der Waals surface area contributed by atoms with Crippen LogP contribution in [0.25, 0.3) is 0 Å². The Labute approximate surface area is 286 Å². The molecule has 270 valence electrons. The van der Waals surface area contributed by atoms with E-state index in [0.29, 0.717) is 12.8 Å². The molecule has 0 saturated heterocycles. The average molecular weight is 662 g/mol. The van der Waals surface area contributed by atoms with Crippen molar-refractivity contribution in [3.05, 3.63) is 48.6 Å². The first-order chi connectivity index (χ1) is 22.6. The van der Waals surface area contributed by atoms with Crippen LogP contribution in [-0.4, -0.2) is 75.5 Å². The molecular formula is C39H67NO7. The van der Waals surface area contributed by atoms with Gasteiger partial charge in [-0.2, -0.15) is 0 Å². The zero-order chi connectivity index (χ0) is 35.0. The van der Waals surface area contributed by atoms with Crippen LogP contribution < -0.4 is 5.11 Å². The van der Waals surface area contributed by atoms with Crippen molar-refractivity contribution >= 4 is 17.9 Å². The van der Waals surface area contributed by atoms with Gasteiger partial charge in [-0.25, -0.2) is 0 Å². The lowest BCUT2D eigenvalue weighted by Crippen LogP contribution is -2.55. The number of nitrogens with zero attached hydrogens (tertiary/aromatic N) is 1. The van der Waals surface area contributed by atoms with E-state index in [9.17, 15) is 19.5 Å². The summed E-state index contributed by atoms with van der Waals surface area (Å²) >= 11 is 0. The van der Waals surface area contributed by atoms with Crippen LogP contribution in [0.5, 0.6) is 0 Å². The molecule has 0 N–H and O–H groups in total. The third-order valence-corrected chi connectivity index (χ3v) is 7.73. The summed E-state index contributed by atoms with van der Waals surface area (Å²) in [5, 5.41) is 11.5. The monoisotopic (exact) mass is 661 g/mol. The Morgan fingerprint density at radius 2 is 1.19 bits per heavy atom. The number of unbranched alkanes of at least 4 members (excludes halogenated alkanes) is 9. The molecule has 0 bridgehead atoms. The second-order valence-corrected chi connectivity index (χ2v) is 13.1. The van der Waals surface area contributed by atoms with E-state index < -0.39 is 18.1 Å². The Bertz CT molecular complexity index is 917. The quantitative estimate of drug-likeness (QED) is 0.0327. The smallest absolute Gasteiger partial charge is 0.306 e. The summed E-state index contributed by atoms with van der Waals surface area (Å²) in [5.74, 6) is -1.79. The normalized spacial score (nSPS) is 13.6. The maximum Gasteiger partial charge on any atom is 0.306 e. The van der Waals surface area contributed by atoms with Gasteiger partial charge < -0.3 is 28.6 Å². The lowest BCUT2D eigenvalue weighted by Gasteiger charge is -2.34. The average Bonchev–Trinajstić information content (AvgIpc) is 3.01. The van der Waals surface area contributed by atoms with Crippen molar-refractivity contribution in [1.29, 1.82) is 0 Å². The van der Waals surface area contributed by atoms with E-state index in [1.165, 1.54) is 25.7 Å². The summed E-state index contributed by atoms with van der Waals surface area (Å²) in [4.78, 5) is 36.4. The predicted molar refractivity (Wildman–Crippen MR) is 189 cm³/mol. The Morgan fingerprint density at radius 1 is 0.660 bits per heavy atom. The molecule has 8 nitrogen and oxygen atoms in total. The van der Waals surface area contributed by atoms with Gasteiger partial charge in [-0.15, -0.1) is 0 Å². The van der Waals surface area contributed by atoms with Crippen molar-refractivity contribution in [3.63, 3.8) is 0 Å². The van der Waals surface area contributed by atoms with Crippen LogP contribution in [-0.2, 0) is 28.6 Å². The molecule has 0 aliphatic carbocycles. The molecule has 0 aromatic heterocycles. The SMILES string of the molecule is CC/C=C/C/C=C/C/C=C/C/C=C/CCCCCC(=O)OCC(COCCC(C(=O)[O-])[N+](C)(C)C)OC(=O)CCCCCCCCC. The molecule has 8 heteroatoms. The molecule has 0 spiro atoms. The standard InChI is InChI=1S/C39H67NO7/c1-6-8-10-12-14-15-16-17-18-19-20-21-22-24-25-27-29-37(41)46-34-35(33-45-32-31-36(39(43)44)40(3,4)5)47-38(42)30-28-26-23-13-11-9-7-2/h8,10,14-15,17-18,20-21,35-36H,6-7,9,11-13,16,19,22-34H2,1-5H3/b10-8+,15-14+,18-17+,21-20+. The van der Waals surface area contributed by atoms with Crippen LogP contribution in [0, 0.1) is 0 Å². The zero-order valence-electron chi connectivity index (χ0n) is 30.4. The van der Waals surface area contributed by atoms with Crippen LogP contribution in [0.2, 0.25) is 0 Å². The molecule has 2 unspecified atom stereocenters. The van der Waals surface area contributed by atoms with Crippen LogP contribution >= 0.6 is 0 Å². The van der Waals surface area contributed by atoms with Gasteiger partial charge in [0.2, 0.25) is 0 Å². The minimum absolute atomic E-state index is 0.0296. The first-order valence-corrected chi connectivity index (χ1v) is 18.2. The van der Waals surface area contributed by atoms with Crippen LogP contribution in [0.15, 0.2) is 48.6 Å². The topological polar surface area (TPSA) is 102 Å². The molecule has 0 aliphatic heterocycles. The molecule has 0 radical (unpaired) electrons. The van der Waals surface area contributed by atoms with Gasteiger partial charge in [-0.1, -0.05) is 107 Å². The highest BCUT2D eigenvalue weighted by molar-refractivity contribution is 5.70. The van der Waals surface area contributed by atoms with Crippen molar-refractivity contribution < 1.29 is 38.2 Å². The van der Waals surface area contributed by atoms with E-state index in [1.807, 2.05) is 0 Å². The summed E-state index contributed by atoms with van der Waals surface area (Å²) in [5.41, 5.74) is 0. The third kappa shape index (κ3) is 29.2. The summed E-state index contributed by atoms with van der Waals surface area (Å²) in [6.45, 7) is 4.44. The number of ether oxygens (including phenoxy) is 3. The fourth-order valence-electron chi connectivity index (χ4n) is 4.88. The van der Waals surface area contributed by atoms with Crippen LogP contribution in [0.3, 0.4) is 0 Å². The fraction of sp³-hybridized carbons (Fsp3) is 0.718.